The van der Waals surface area contributed by atoms with Gasteiger partial charge in [0.1, 0.15) is 5.76 Å². The topological polar surface area (TPSA) is 52.0 Å². The summed E-state index contributed by atoms with van der Waals surface area (Å²) in [4.78, 5) is 4.41. The number of nitrogens with zero attached hydrogens (tertiary/aromatic N) is 1. The number of benzene rings is 1. The minimum atomic E-state index is -0.0105. The minimum absolute atomic E-state index is 0.0105. The standard InChI is InChI=1S/C15H20N2OS/c1-4-13(14(16)12-8-6-5-7-9-12)19-15-17-10(2)11(3)18-15/h5-9,13-14H,4,16H2,1-3H3. The van der Waals surface area contributed by atoms with Gasteiger partial charge in [-0.05, 0) is 25.8 Å². The van der Waals surface area contributed by atoms with Crippen LogP contribution in [-0.4, -0.2) is 10.2 Å². The Labute approximate surface area is 118 Å². The summed E-state index contributed by atoms with van der Waals surface area (Å²) in [5.74, 6) is 0.880. The predicted molar refractivity (Wildman–Crippen MR) is 79.3 cm³/mol. The van der Waals surface area contributed by atoms with Crippen molar-refractivity contribution < 1.29 is 4.42 Å². The monoisotopic (exact) mass is 276 g/mol. The van der Waals surface area contributed by atoms with Crippen molar-refractivity contribution in [1.29, 1.82) is 0 Å². The second kappa shape index (κ2) is 6.26. The summed E-state index contributed by atoms with van der Waals surface area (Å²) in [6, 6.07) is 10.2. The molecule has 19 heavy (non-hydrogen) atoms. The van der Waals surface area contributed by atoms with Crippen molar-refractivity contribution in [3.63, 3.8) is 0 Å². The normalized spacial score (nSPS) is 14.3. The van der Waals surface area contributed by atoms with Gasteiger partial charge in [0.2, 0.25) is 0 Å². The van der Waals surface area contributed by atoms with Crippen LogP contribution in [0.5, 0.6) is 0 Å². The third kappa shape index (κ3) is 3.39. The van der Waals surface area contributed by atoms with Gasteiger partial charge >= 0.3 is 0 Å². The number of hydrogen-bond acceptors (Lipinski definition) is 4. The maximum Gasteiger partial charge on any atom is 0.256 e. The number of hydrogen-bond donors (Lipinski definition) is 1. The Balaban J connectivity index is 2.12. The largest absolute Gasteiger partial charge is 0.437 e. The number of aryl methyl sites for hydroxylation is 2. The fraction of sp³-hybridized carbons (Fsp3) is 0.400. The van der Waals surface area contributed by atoms with Crippen LogP contribution in [-0.2, 0) is 0 Å². The van der Waals surface area contributed by atoms with Crippen LogP contribution >= 0.6 is 11.8 Å². The first kappa shape index (κ1) is 14.2. The molecule has 2 unspecified atom stereocenters. The lowest BCUT2D eigenvalue weighted by atomic mass is 10.0. The van der Waals surface area contributed by atoms with Crippen LogP contribution in [0.15, 0.2) is 40.0 Å². The fourth-order valence-corrected chi connectivity index (χ4v) is 3.02. The van der Waals surface area contributed by atoms with E-state index in [0.29, 0.717) is 5.22 Å². The van der Waals surface area contributed by atoms with Gasteiger partial charge in [0.15, 0.2) is 0 Å². The molecule has 3 nitrogen and oxygen atoms in total. The highest BCUT2D eigenvalue weighted by Gasteiger charge is 2.21. The molecule has 2 atom stereocenters. The molecule has 0 saturated carbocycles. The third-order valence-corrected chi connectivity index (χ3v) is 4.55. The minimum Gasteiger partial charge on any atom is -0.437 e. The molecule has 0 radical (unpaired) electrons. The highest BCUT2D eigenvalue weighted by molar-refractivity contribution is 7.99. The predicted octanol–water partition coefficient (Wildman–Crippen LogP) is 3.86. The van der Waals surface area contributed by atoms with Crippen molar-refractivity contribution in [3.05, 3.63) is 47.3 Å². The van der Waals surface area contributed by atoms with E-state index in [1.54, 1.807) is 11.8 Å². The molecule has 0 amide bonds. The van der Waals surface area contributed by atoms with E-state index in [1.165, 1.54) is 0 Å². The zero-order valence-electron chi connectivity index (χ0n) is 11.6. The van der Waals surface area contributed by atoms with Crippen LogP contribution in [0.1, 0.15) is 36.4 Å². The first-order chi connectivity index (χ1) is 9.11. The molecule has 0 aliphatic heterocycles. The molecule has 2 aromatic rings. The van der Waals surface area contributed by atoms with Crippen molar-refractivity contribution in [1.82, 2.24) is 4.98 Å². The maximum atomic E-state index is 6.35. The molecule has 0 spiro atoms. The SMILES string of the molecule is CCC(Sc1nc(C)c(C)o1)C(N)c1ccccc1. The van der Waals surface area contributed by atoms with Gasteiger partial charge < -0.3 is 10.2 Å². The van der Waals surface area contributed by atoms with Crippen molar-refractivity contribution in [2.45, 2.75) is 43.7 Å². The van der Waals surface area contributed by atoms with Crippen LogP contribution in [0.3, 0.4) is 0 Å². The lowest BCUT2D eigenvalue weighted by molar-refractivity contribution is 0.429. The van der Waals surface area contributed by atoms with Gasteiger partial charge in [-0.3, -0.25) is 0 Å². The molecular weight excluding hydrogens is 256 g/mol. The third-order valence-electron chi connectivity index (χ3n) is 3.25. The highest BCUT2D eigenvalue weighted by Crippen LogP contribution is 2.33. The summed E-state index contributed by atoms with van der Waals surface area (Å²) in [5, 5.41) is 0.980. The quantitative estimate of drug-likeness (QED) is 0.842. The van der Waals surface area contributed by atoms with E-state index in [4.69, 9.17) is 10.2 Å². The Morgan fingerprint density at radius 3 is 2.47 bits per heavy atom. The molecule has 1 heterocycles. The summed E-state index contributed by atoms with van der Waals surface area (Å²) in [5.41, 5.74) is 8.46. The molecule has 0 aliphatic carbocycles. The zero-order chi connectivity index (χ0) is 13.8. The maximum absolute atomic E-state index is 6.35. The second-order valence-corrected chi connectivity index (χ2v) is 5.81. The van der Waals surface area contributed by atoms with Crippen molar-refractivity contribution >= 4 is 11.8 Å². The van der Waals surface area contributed by atoms with E-state index >= 15 is 0 Å². The molecule has 2 N–H and O–H groups in total. The zero-order valence-corrected chi connectivity index (χ0v) is 12.4. The van der Waals surface area contributed by atoms with Crippen LogP contribution < -0.4 is 5.73 Å². The number of aromatic nitrogens is 1. The summed E-state index contributed by atoms with van der Waals surface area (Å²) < 4.78 is 5.63. The van der Waals surface area contributed by atoms with Gasteiger partial charge in [-0.2, -0.15) is 0 Å². The van der Waals surface area contributed by atoms with Gasteiger partial charge in [-0.1, -0.05) is 49.0 Å². The van der Waals surface area contributed by atoms with Crippen molar-refractivity contribution in [2.24, 2.45) is 5.73 Å². The molecular formula is C15H20N2OS. The van der Waals surface area contributed by atoms with E-state index in [2.05, 4.69) is 24.0 Å². The van der Waals surface area contributed by atoms with Crippen molar-refractivity contribution in [3.8, 4) is 0 Å². The number of nitrogens with two attached hydrogens (primary N) is 1. The first-order valence-corrected chi connectivity index (χ1v) is 7.41. The Morgan fingerprint density at radius 2 is 1.95 bits per heavy atom. The molecule has 0 aliphatic rings. The van der Waals surface area contributed by atoms with E-state index in [1.807, 2.05) is 32.0 Å². The van der Waals surface area contributed by atoms with Gasteiger partial charge in [0.05, 0.1) is 5.69 Å². The smallest absolute Gasteiger partial charge is 0.256 e. The average Bonchev–Trinajstić information content (AvgIpc) is 2.75. The lowest BCUT2D eigenvalue weighted by Crippen LogP contribution is -2.23. The average molecular weight is 276 g/mol. The number of oxazole rings is 1. The number of thioether (sulfide) groups is 1. The van der Waals surface area contributed by atoms with Gasteiger partial charge in [-0.25, -0.2) is 4.98 Å². The summed E-state index contributed by atoms with van der Waals surface area (Å²) >= 11 is 1.62. The molecule has 1 aromatic heterocycles. The van der Waals surface area contributed by atoms with E-state index in [0.717, 1.165) is 23.4 Å². The summed E-state index contributed by atoms with van der Waals surface area (Å²) in [6.45, 7) is 6.04. The Morgan fingerprint density at radius 1 is 1.26 bits per heavy atom. The van der Waals surface area contributed by atoms with Crippen LogP contribution in [0.4, 0.5) is 0 Å². The van der Waals surface area contributed by atoms with Gasteiger partial charge in [0.25, 0.3) is 5.22 Å². The van der Waals surface area contributed by atoms with Gasteiger partial charge in [0, 0.05) is 11.3 Å². The molecule has 1 aromatic carbocycles. The van der Waals surface area contributed by atoms with E-state index < -0.39 is 0 Å². The Kier molecular flexibility index (Phi) is 4.66. The van der Waals surface area contributed by atoms with Crippen molar-refractivity contribution in [2.75, 3.05) is 0 Å². The number of rotatable bonds is 5. The molecule has 0 saturated heterocycles. The van der Waals surface area contributed by atoms with E-state index in [9.17, 15) is 0 Å². The first-order valence-electron chi connectivity index (χ1n) is 6.53. The lowest BCUT2D eigenvalue weighted by Gasteiger charge is -2.20. The van der Waals surface area contributed by atoms with Crippen LogP contribution in [0.2, 0.25) is 0 Å². The van der Waals surface area contributed by atoms with Crippen LogP contribution in [0.25, 0.3) is 0 Å². The van der Waals surface area contributed by atoms with E-state index in [-0.39, 0.29) is 11.3 Å². The summed E-state index contributed by atoms with van der Waals surface area (Å²) in [7, 11) is 0. The summed E-state index contributed by atoms with van der Waals surface area (Å²) in [6.07, 6.45) is 0.973. The molecule has 102 valence electrons. The molecule has 0 bridgehead atoms. The fourth-order valence-electron chi connectivity index (χ4n) is 1.92. The van der Waals surface area contributed by atoms with Gasteiger partial charge in [-0.15, -0.1) is 0 Å². The molecule has 2 rings (SSSR count). The molecule has 4 heteroatoms. The Hall–Kier alpha value is -1.26. The second-order valence-electron chi connectivity index (χ2n) is 4.62. The Bertz CT molecular complexity index is 505. The van der Waals surface area contributed by atoms with Crippen LogP contribution in [0, 0.1) is 13.8 Å². The molecule has 0 fully saturated rings. The highest BCUT2D eigenvalue weighted by atomic mass is 32.2.